The molecule has 1 aliphatic rings. The molecule has 0 bridgehead atoms. The summed E-state index contributed by atoms with van der Waals surface area (Å²) in [6.45, 7) is 13.1. The third-order valence-electron chi connectivity index (χ3n) is 6.14. The lowest BCUT2D eigenvalue weighted by molar-refractivity contribution is -0.120. The number of fused-ring (bicyclic) bond motifs is 1. The zero-order chi connectivity index (χ0) is 24.2. The van der Waals surface area contributed by atoms with Crippen LogP contribution in [0.3, 0.4) is 0 Å². The van der Waals surface area contributed by atoms with Crippen LogP contribution >= 0.6 is 0 Å². The van der Waals surface area contributed by atoms with Gasteiger partial charge in [0, 0.05) is 30.7 Å². The second-order valence-corrected chi connectivity index (χ2v) is 11.4. The van der Waals surface area contributed by atoms with Crippen LogP contribution in [0.4, 0.5) is 5.69 Å². The number of anilines is 1. The number of hydrogen-bond acceptors (Lipinski definition) is 4. The molecular weight excluding hydrogens is 410 g/mol. The molecule has 0 aliphatic carbocycles. The Morgan fingerprint density at radius 1 is 1.15 bits per heavy atom. The number of carbonyl (C=O) groups excluding carboxylic acids is 1. The fourth-order valence-electron chi connectivity index (χ4n) is 4.77. The zero-order valence-electron chi connectivity index (χ0n) is 21.0. The van der Waals surface area contributed by atoms with E-state index in [4.69, 9.17) is 0 Å². The molecule has 3 rings (SSSR count). The maximum Gasteiger partial charge on any atom is 0.217 e. The Balaban J connectivity index is 1.75. The molecule has 3 atom stereocenters. The van der Waals surface area contributed by atoms with Crippen molar-refractivity contribution in [2.45, 2.75) is 84.5 Å². The summed E-state index contributed by atoms with van der Waals surface area (Å²) in [6, 6.07) is 16.5. The lowest BCUT2D eigenvalue weighted by Crippen LogP contribution is -2.50. The van der Waals surface area contributed by atoms with Gasteiger partial charge in [0.25, 0.3) is 0 Å². The molecule has 0 saturated carbocycles. The number of hydrogen-bond donors (Lipinski definition) is 4. The van der Waals surface area contributed by atoms with E-state index in [1.165, 1.54) is 18.1 Å². The monoisotopic (exact) mass is 451 g/mol. The Morgan fingerprint density at radius 3 is 2.48 bits per heavy atom. The largest absolute Gasteiger partial charge is 0.390 e. The van der Waals surface area contributed by atoms with E-state index in [1.54, 1.807) is 0 Å². The summed E-state index contributed by atoms with van der Waals surface area (Å²) in [6.07, 6.45) is 1.82. The highest BCUT2D eigenvalue weighted by atomic mass is 16.3. The minimum absolute atomic E-state index is 0.0533. The van der Waals surface area contributed by atoms with Crippen molar-refractivity contribution >= 4 is 11.6 Å². The molecule has 4 N–H and O–H groups in total. The van der Waals surface area contributed by atoms with E-state index in [2.05, 4.69) is 68.8 Å². The van der Waals surface area contributed by atoms with Crippen LogP contribution in [0.15, 0.2) is 48.5 Å². The van der Waals surface area contributed by atoms with Crippen LogP contribution in [-0.2, 0) is 17.6 Å². The van der Waals surface area contributed by atoms with Crippen molar-refractivity contribution in [3.8, 4) is 0 Å². The normalized spacial score (nSPS) is 19.2. The smallest absolute Gasteiger partial charge is 0.217 e. The summed E-state index contributed by atoms with van der Waals surface area (Å²) >= 11 is 0. The van der Waals surface area contributed by atoms with Crippen molar-refractivity contribution in [1.82, 2.24) is 10.6 Å². The summed E-state index contributed by atoms with van der Waals surface area (Å²) < 4.78 is 0. The van der Waals surface area contributed by atoms with E-state index in [9.17, 15) is 9.90 Å². The van der Waals surface area contributed by atoms with Crippen molar-refractivity contribution in [1.29, 1.82) is 0 Å². The van der Waals surface area contributed by atoms with Gasteiger partial charge in [0.15, 0.2) is 0 Å². The van der Waals surface area contributed by atoms with Crippen molar-refractivity contribution in [3.05, 3.63) is 65.2 Å². The fraction of sp³-hybridized carbons (Fsp3) is 0.536. The van der Waals surface area contributed by atoms with Gasteiger partial charge < -0.3 is 21.1 Å². The van der Waals surface area contributed by atoms with Gasteiger partial charge in [-0.2, -0.15) is 0 Å². The molecule has 5 nitrogen and oxygen atoms in total. The third kappa shape index (κ3) is 7.58. The molecule has 0 aromatic heterocycles. The molecule has 0 saturated heterocycles. The fourth-order valence-corrected chi connectivity index (χ4v) is 4.77. The van der Waals surface area contributed by atoms with E-state index in [0.717, 1.165) is 24.1 Å². The van der Waals surface area contributed by atoms with E-state index < -0.39 is 6.10 Å². The van der Waals surface area contributed by atoms with Gasteiger partial charge in [0.2, 0.25) is 5.91 Å². The summed E-state index contributed by atoms with van der Waals surface area (Å²) in [5, 5.41) is 21.3. The average Bonchev–Trinajstić information content (AvgIpc) is 2.70. The van der Waals surface area contributed by atoms with Gasteiger partial charge in [-0.15, -0.1) is 0 Å². The Hall–Kier alpha value is -2.37. The van der Waals surface area contributed by atoms with Gasteiger partial charge in [-0.3, -0.25) is 4.79 Å². The average molecular weight is 452 g/mol. The number of nitrogens with one attached hydrogen (secondary N) is 3. The van der Waals surface area contributed by atoms with Gasteiger partial charge in [-0.05, 0) is 61.3 Å². The molecule has 1 aliphatic heterocycles. The SMILES string of the molecule is CC(=O)N[C@@H](Cc1ccccc1)[C@@H](O)CN[C@@H]1CC(C)(C)Nc2ccc(CC(C)(C)C)cc21. The van der Waals surface area contributed by atoms with E-state index >= 15 is 0 Å². The molecule has 0 fully saturated rings. The van der Waals surface area contributed by atoms with Crippen LogP contribution in [0.25, 0.3) is 0 Å². The summed E-state index contributed by atoms with van der Waals surface area (Å²) in [5.41, 5.74) is 4.99. The molecule has 0 unspecified atom stereocenters. The van der Waals surface area contributed by atoms with Crippen molar-refractivity contribution in [3.63, 3.8) is 0 Å². The molecule has 0 radical (unpaired) electrons. The minimum Gasteiger partial charge on any atom is -0.390 e. The number of benzene rings is 2. The molecule has 0 spiro atoms. The van der Waals surface area contributed by atoms with Gasteiger partial charge in [0.1, 0.15) is 0 Å². The Morgan fingerprint density at radius 2 is 1.85 bits per heavy atom. The molecule has 5 heteroatoms. The number of amides is 1. The van der Waals surface area contributed by atoms with Gasteiger partial charge in [0.05, 0.1) is 12.1 Å². The third-order valence-corrected chi connectivity index (χ3v) is 6.14. The van der Waals surface area contributed by atoms with Crippen LogP contribution in [-0.4, -0.2) is 35.2 Å². The second kappa shape index (κ2) is 10.3. The first-order chi connectivity index (χ1) is 15.4. The quantitative estimate of drug-likeness (QED) is 0.473. The van der Waals surface area contributed by atoms with Crippen LogP contribution < -0.4 is 16.0 Å². The molecule has 1 amide bonds. The van der Waals surface area contributed by atoms with Crippen molar-refractivity contribution < 1.29 is 9.90 Å². The summed E-state index contributed by atoms with van der Waals surface area (Å²) in [5.74, 6) is -0.129. The second-order valence-electron chi connectivity index (χ2n) is 11.4. The van der Waals surface area contributed by atoms with E-state index in [-0.39, 0.29) is 28.9 Å². The molecule has 33 heavy (non-hydrogen) atoms. The first kappa shape index (κ1) is 25.3. The lowest BCUT2D eigenvalue weighted by Gasteiger charge is -2.40. The van der Waals surface area contributed by atoms with Crippen LogP contribution in [0, 0.1) is 5.41 Å². The molecule has 180 valence electrons. The number of aliphatic hydroxyl groups excluding tert-OH is 1. The maximum absolute atomic E-state index is 11.8. The summed E-state index contributed by atoms with van der Waals surface area (Å²) in [4.78, 5) is 11.8. The number of aliphatic hydroxyl groups is 1. The summed E-state index contributed by atoms with van der Waals surface area (Å²) in [7, 11) is 0. The van der Waals surface area contributed by atoms with Gasteiger partial charge in [-0.1, -0.05) is 63.2 Å². The molecule has 2 aromatic rings. The van der Waals surface area contributed by atoms with Crippen LogP contribution in [0.1, 0.15) is 70.7 Å². The molecule has 1 heterocycles. The highest BCUT2D eigenvalue weighted by molar-refractivity contribution is 5.73. The topological polar surface area (TPSA) is 73.4 Å². The minimum atomic E-state index is -0.701. The Labute approximate surface area is 199 Å². The zero-order valence-corrected chi connectivity index (χ0v) is 21.0. The molecule has 2 aromatic carbocycles. The van der Waals surface area contributed by atoms with Crippen molar-refractivity contribution in [2.75, 3.05) is 11.9 Å². The predicted octanol–water partition coefficient (Wildman–Crippen LogP) is 4.61. The van der Waals surface area contributed by atoms with Gasteiger partial charge >= 0.3 is 0 Å². The predicted molar refractivity (Wildman–Crippen MR) is 136 cm³/mol. The Kier molecular flexibility index (Phi) is 7.86. The van der Waals surface area contributed by atoms with E-state index in [1.807, 2.05) is 30.3 Å². The first-order valence-corrected chi connectivity index (χ1v) is 12.1. The maximum atomic E-state index is 11.8. The first-order valence-electron chi connectivity index (χ1n) is 12.1. The highest BCUT2D eigenvalue weighted by Crippen LogP contribution is 2.38. The molecular formula is C28H41N3O2. The van der Waals surface area contributed by atoms with E-state index in [0.29, 0.717) is 13.0 Å². The number of carbonyl (C=O) groups is 1. The van der Waals surface area contributed by atoms with Crippen molar-refractivity contribution in [2.24, 2.45) is 5.41 Å². The lowest BCUT2D eigenvalue weighted by atomic mass is 9.82. The number of rotatable bonds is 8. The Bertz CT molecular complexity index is 934. The van der Waals surface area contributed by atoms with Crippen LogP contribution in [0.2, 0.25) is 0 Å². The highest BCUT2D eigenvalue weighted by Gasteiger charge is 2.32. The standard InChI is InChI=1S/C28H41N3O2/c1-19(32)30-24(15-20-10-8-7-9-11-20)26(33)18-29-25-17-28(5,6)31-23-13-12-21(14-22(23)25)16-27(2,3)4/h7-14,24-26,29,31,33H,15-18H2,1-6H3,(H,30,32)/t24-,25+,26-/m0/s1. The van der Waals surface area contributed by atoms with Crippen LogP contribution in [0.5, 0.6) is 0 Å². The van der Waals surface area contributed by atoms with Gasteiger partial charge in [-0.25, -0.2) is 0 Å².